The van der Waals surface area contributed by atoms with Crippen LogP contribution in [0.2, 0.25) is 0 Å². The van der Waals surface area contributed by atoms with Crippen LogP contribution in [0.5, 0.6) is 5.75 Å². The Morgan fingerprint density at radius 2 is 1.71 bits per heavy atom. The second-order valence-electron chi connectivity index (χ2n) is 6.15. The fraction of sp³-hybridized carbons (Fsp3) is 0.400. The minimum absolute atomic E-state index is 0.296. The predicted octanol–water partition coefficient (Wildman–Crippen LogP) is 2.50. The monoisotopic (exact) mass is 328 g/mol. The minimum atomic E-state index is -0.517. The molecule has 0 saturated heterocycles. The Labute approximate surface area is 144 Å². The van der Waals surface area contributed by atoms with Gasteiger partial charge in [0, 0.05) is 19.1 Å². The molecule has 0 saturated carbocycles. The second kappa shape index (κ2) is 10.1. The van der Waals surface area contributed by atoms with Crippen LogP contribution in [0.4, 0.5) is 0 Å². The Morgan fingerprint density at radius 1 is 1.04 bits per heavy atom. The van der Waals surface area contributed by atoms with E-state index in [1.54, 1.807) is 0 Å². The van der Waals surface area contributed by atoms with Gasteiger partial charge in [0.1, 0.15) is 18.5 Å². The van der Waals surface area contributed by atoms with Crippen molar-refractivity contribution in [3.05, 3.63) is 65.7 Å². The van der Waals surface area contributed by atoms with Crippen molar-refractivity contribution in [2.75, 3.05) is 13.2 Å². The van der Waals surface area contributed by atoms with Gasteiger partial charge in [0.05, 0.1) is 0 Å². The first-order valence-electron chi connectivity index (χ1n) is 8.54. The summed E-state index contributed by atoms with van der Waals surface area (Å²) >= 11 is 0. The topological polar surface area (TPSA) is 67.5 Å². The number of aliphatic hydroxyl groups excluding tert-OH is 1. The van der Waals surface area contributed by atoms with Gasteiger partial charge >= 0.3 is 0 Å². The maximum atomic E-state index is 10.0. The summed E-state index contributed by atoms with van der Waals surface area (Å²) < 4.78 is 5.55. The molecule has 0 heterocycles. The van der Waals surface area contributed by atoms with E-state index in [9.17, 15) is 5.11 Å². The maximum absolute atomic E-state index is 10.0. The van der Waals surface area contributed by atoms with Crippen LogP contribution >= 0.6 is 0 Å². The largest absolute Gasteiger partial charge is 0.491 e. The van der Waals surface area contributed by atoms with Gasteiger partial charge in [-0.15, -0.1) is 0 Å². The number of rotatable bonds is 10. The molecule has 24 heavy (non-hydrogen) atoms. The van der Waals surface area contributed by atoms with Gasteiger partial charge in [-0.25, -0.2) is 0 Å². The highest BCUT2D eigenvalue weighted by atomic mass is 16.5. The number of nitrogens with two attached hydrogens (primary N) is 1. The fourth-order valence-corrected chi connectivity index (χ4v) is 2.43. The van der Waals surface area contributed by atoms with Crippen molar-refractivity contribution < 1.29 is 9.84 Å². The summed E-state index contributed by atoms with van der Waals surface area (Å²) in [7, 11) is 0. The van der Waals surface area contributed by atoms with Gasteiger partial charge in [0.15, 0.2) is 0 Å². The number of ether oxygens (including phenoxy) is 1. The number of para-hydroxylation sites is 1. The van der Waals surface area contributed by atoms with Crippen molar-refractivity contribution in [3.63, 3.8) is 0 Å². The lowest BCUT2D eigenvalue weighted by Crippen LogP contribution is -2.36. The Hall–Kier alpha value is -1.88. The maximum Gasteiger partial charge on any atom is 0.119 e. The van der Waals surface area contributed by atoms with Crippen LogP contribution in [-0.2, 0) is 13.0 Å². The van der Waals surface area contributed by atoms with Crippen LogP contribution in [-0.4, -0.2) is 30.4 Å². The first-order chi connectivity index (χ1) is 11.7. The third-order valence-electron chi connectivity index (χ3n) is 4.01. The Morgan fingerprint density at radius 3 is 2.38 bits per heavy atom. The van der Waals surface area contributed by atoms with Crippen LogP contribution in [0, 0.1) is 0 Å². The molecular weight excluding hydrogens is 300 g/mol. The van der Waals surface area contributed by atoms with Gasteiger partial charge in [-0.2, -0.15) is 0 Å². The summed E-state index contributed by atoms with van der Waals surface area (Å²) in [4.78, 5) is 0. The zero-order chi connectivity index (χ0) is 17.2. The average molecular weight is 328 g/mol. The highest BCUT2D eigenvalue weighted by Crippen LogP contribution is 2.09. The van der Waals surface area contributed by atoms with E-state index in [0.29, 0.717) is 25.7 Å². The molecule has 2 aromatic carbocycles. The molecule has 2 atom stereocenters. The van der Waals surface area contributed by atoms with Crippen LogP contribution in [0.15, 0.2) is 54.6 Å². The first kappa shape index (κ1) is 18.5. The SMILES string of the molecule is C[C@H](CCc1ccc(CN)cc1)NCC(O)COc1ccccc1. The summed E-state index contributed by atoms with van der Waals surface area (Å²) in [5.74, 6) is 0.783. The highest BCUT2D eigenvalue weighted by molar-refractivity contribution is 5.22. The molecule has 0 aromatic heterocycles. The van der Waals surface area contributed by atoms with Crippen LogP contribution in [0.25, 0.3) is 0 Å². The molecule has 0 aliphatic rings. The molecule has 2 aromatic rings. The third kappa shape index (κ3) is 6.71. The fourth-order valence-electron chi connectivity index (χ4n) is 2.43. The van der Waals surface area contributed by atoms with Gasteiger partial charge in [-0.05, 0) is 43.0 Å². The summed E-state index contributed by atoms with van der Waals surface area (Å²) in [6.45, 7) is 3.55. The molecule has 0 fully saturated rings. The summed E-state index contributed by atoms with van der Waals surface area (Å²) in [6, 6.07) is 18.3. The van der Waals surface area contributed by atoms with E-state index in [1.165, 1.54) is 5.56 Å². The molecule has 130 valence electrons. The van der Waals surface area contributed by atoms with Gasteiger partial charge in [0.25, 0.3) is 0 Å². The van der Waals surface area contributed by atoms with E-state index in [4.69, 9.17) is 10.5 Å². The number of aryl methyl sites for hydroxylation is 1. The molecule has 0 aliphatic carbocycles. The Kier molecular flexibility index (Phi) is 7.75. The molecule has 0 aliphatic heterocycles. The number of aliphatic hydroxyl groups is 1. The van der Waals surface area contributed by atoms with E-state index >= 15 is 0 Å². The van der Waals surface area contributed by atoms with E-state index in [-0.39, 0.29) is 0 Å². The lowest BCUT2D eigenvalue weighted by Gasteiger charge is -2.17. The number of benzene rings is 2. The van der Waals surface area contributed by atoms with E-state index in [1.807, 2.05) is 30.3 Å². The lowest BCUT2D eigenvalue weighted by atomic mass is 10.0. The van der Waals surface area contributed by atoms with E-state index in [2.05, 4.69) is 36.5 Å². The molecule has 4 N–H and O–H groups in total. The first-order valence-corrected chi connectivity index (χ1v) is 8.54. The van der Waals surface area contributed by atoms with Crippen LogP contribution in [0.3, 0.4) is 0 Å². The molecule has 0 spiro atoms. The van der Waals surface area contributed by atoms with Crippen LogP contribution < -0.4 is 15.8 Å². The summed E-state index contributed by atoms with van der Waals surface area (Å²) in [5.41, 5.74) is 8.08. The van der Waals surface area contributed by atoms with Crippen LogP contribution in [0.1, 0.15) is 24.5 Å². The second-order valence-corrected chi connectivity index (χ2v) is 6.15. The normalized spacial score (nSPS) is 13.5. The number of nitrogens with one attached hydrogen (secondary N) is 1. The minimum Gasteiger partial charge on any atom is -0.491 e. The zero-order valence-corrected chi connectivity index (χ0v) is 14.3. The van der Waals surface area contributed by atoms with Crippen molar-refractivity contribution in [1.29, 1.82) is 0 Å². The highest BCUT2D eigenvalue weighted by Gasteiger charge is 2.08. The predicted molar refractivity (Wildman–Crippen MR) is 98.1 cm³/mol. The molecule has 1 unspecified atom stereocenters. The van der Waals surface area contributed by atoms with Crippen molar-refractivity contribution in [2.24, 2.45) is 5.73 Å². The van der Waals surface area contributed by atoms with Crippen molar-refractivity contribution >= 4 is 0 Å². The number of hydrogen-bond donors (Lipinski definition) is 3. The standard InChI is InChI=1S/C20H28N2O2/c1-16(7-8-17-9-11-18(13-21)12-10-17)22-14-19(23)15-24-20-5-3-2-4-6-20/h2-6,9-12,16,19,22-23H,7-8,13-15,21H2,1H3/t16-,19?/m1/s1. The molecule has 0 radical (unpaired) electrons. The van der Waals surface area contributed by atoms with E-state index < -0.39 is 6.10 Å². The zero-order valence-electron chi connectivity index (χ0n) is 14.3. The van der Waals surface area contributed by atoms with Gasteiger partial charge in [-0.1, -0.05) is 42.5 Å². The van der Waals surface area contributed by atoms with Crippen molar-refractivity contribution in [1.82, 2.24) is 5.32 Å². The van der Waals surface area contributed by atoms with Gasteiger partial charge < -0.3 is 20.9 Å². The molecule has 0 bridgehead atoms. The lowest BCUT2D eigenvalue weighted by molar-refractivity contribution is 0.104. The molecular formula is C20H28N2O2. The number of hydrogen-bond acceptors (Lipinski definition) is 4. The summed E-state index contributed by atoms with van der Waals surface area (Å²) in [6.07, 6.45) is 1.51. The summed E-state index contributed by atoms with van der Waals surface area (Å²) in [5, 5.41) is 13.4. The smallest absolute Gasteiger partial charge is 0.119 e. The molecule has 0 amide bonds. The Bertz CT molecular complexity index is 572. The van der Waals surface area contributed by atoms with Gasteiger partial charge in [0.2, 0.25) is 0 Å². The van der Waals surface area contributed by atoms with Gasteiger partial charge in [-0.3, -0.25) is 0 Å². The molecule has 4 nitrogen and oxygen atoms in total. The third-order valence-corrected chi connectivity index (χ3v) is 4.01. The van der Waals surface area contributed by atoms with E-state index in [0.717, 1.165) is 24.2 Å². The van der Waals surface area contributed by atoms with Crippen molar-refractivity contribution in [3.8, 4) is 5.75 Å². The average Bonchev–Trinajstić information content (AvgIpc) is 2.64. The van der Waals surface area contributed by atoms with Crippen molar-refractivity contribution in [2.45, 2.75) is 38.5 Å². The molecule has 2 rings (SSSR count). The molecule has 4 heteroatoms. The quantitative estimate of drug-likeness (QED) is 0.627. The Balaban J connectivity index is 1.62.